The fourth-order valence-electron chi connectivity index (χ4n) is 2.79. The standard InChI is InChI=1S/C14H21NOS/c1-3-6-14(7-9-15-10-8-14)13(16)12-5-4-11(2)17-12/h4-5,15H,3,6-10H2,1-2H3. The molecule has 1 aliphatic heterocycles. The molecule has 0 atom stereocenters. The molecule has 0 bridgehead atoms. The van der Waals surface area contributed by atoms with Crippen molar-refractivity contribution in [2.75, 3.05) is 13.1 Å². The molecule has 1 aromatic heterocycles. The first-order valence-corrected chi connectivity index (χ1v) is 7.31. The molecule has 1 fully saturated rings. The Morgan fingerprint density at radius 3 is 2.65 bits per heavy atom. The molecule has 2 heterocycles. The lowest BCUT2D eigenvalue weighted by molar-refractivity contribution is 0.0709. The van der Waals surface area contributed by atoms with Gasteiger partial charge in [0.15, 0.2) is 5.78 Å². The van der Waals surface area contributed by atoms with Crippen LogP contribution in [0.5, 0.6) is 0 Å². The van der Waals surface area contributed by atoms with Gasteiger partial charge < -0.3 is 5.32 Å². The number of rotatable bonds is 4. The van der Waals surface area contributed by atoms with Crippen molar-refractivity contribution in [2.45, 2.75) is 39.5 Å². The Hall–Kier alpha value is -0.670. The average molecular weight is 251 g/mol. The van der Waals surface area contributed by atoms with Crippen molar-refractivity contribution in [1.29, 1.82) is 0 Å². The van der Waals surface area contributed by atoms with Gasteiger partial charge in [0, 0.05) is 10.3 Å². The molecular weight excluding hydrogens is 230 g/mol. The van der Waals surface area contributed by atoms with Gasteiger partial charge in [0.25, 0.3) is 0 Å². The number of thiophene rings is 1. The van der Waals surface area contributed by atoms with Crippen LogP contribution in [0.3, 0.4) is 0 Å². The highest BCUT2D eigenvalue weighted by Gasteiger charge is 2.39. The van der Waals surface area contributed by atoms with E-state index < -0.39 is 0 Å². The molecule has 1 N–H and O–H groups in total. The van der Waals surface area contributed by atoms with Crippen LogP contribution in [0.4, 0.5) is 0 Å². The maximum absolute atomic E-state index is 12.7. The number of ketones is 1. The third-order valence-corrected chi connectivity index (χ3v) is 4.73. The Kier molecular flexibility index (Phi) is 4.00. The zero-order chi connectivity index (χ0) is 12.3. The van der Waals surface area contributed by atoms with Gasteiger partial charge in [0.1, 0.15) is 0 Å². The summed E-state index contributed by atoms with van der Waals surface area (Å²) in [4.78, 5) is 14.9. The van der Waals surface area contributed by atoms with Gasteiger partial charge in [-0.05, 0) is 51.4 Å². The van der Waals surface area contributed by atoms with Crippen LogP contribution in [0.1, 0.15) is 47.2 Å². The van der Waals surface area contributed by atoms with E-state index >= 15 is 0 Å². The van der Waals surface area contributed by atoms with Crippen molar-refractivity contribution in [2.24, 2.45) is 5.41 Å². The monoisotopic (exact) mass is 251 g/mol. The Morgan fingerprint density at radius 1 is 1.41 bits per heavy atom. The zero-order valence-corrected chi connectivity index (χ0v) is 11.5. The van der Waals surface area contributed by atoms with Crippen molar-refractivity contribution in [3.8, 4) is 0 Å². The third-order valence-electron chi connectivity index (χ3n) is 3.74. The smallest absolute Gasteiger partial charge is 0.179 e. The summed E-state index contributed by atoms with van der Waals surface area (Å²) in [7, 11) is 0. The van der Waals surface area contributed by atoms with E-state index in [0.29, 0.717) is 5.78 Å². The van der Waals surface area contributed by atoms with Gasteiger partial charge in [-0.1, -0.05) is 13.3 Å². The van der Waals surface area contributed by atoms with E-state index in [9.17, 15) is 4.79 Å². The molecule has 0 aromatic carbocycles. The molecule has 3 heteroatoms. The fraction of sp³-hybridized carbons (Fsp3) is 0.643. The highest BCUT2D eigenvalue weighted by Crippen LogP contribution is 2.38. The first kappa shape index (κ1) is 12.8. The van der Waals surface area contributed by atoms with Gasteiger partial charge >= 0.3 is 0 Å². The summed E-state index contributed by atoms with van der Waals surface area (Å²) in [5.41, 5.74) is -0.0860. The van der Waals surface area contributed by atoms with Crippen molar-refractivity contribution in [3.63, 3.8) is 0 Å². The van der Waals surface area contributed by atoms with Gasteiger partial charge in [-0.2, -0.15) is 0 Å². The lowest BCUT2D eigenvalue weighted by Gasteiger charge is -2.35. The number of piperidine rings is 1. The summed E-state index contributed by atoms with van der Waals surface area (Å²) in [5.74, 6) is 0.388. The first-order chi connectivity index (χ1) is 8.18. The summed E-state index contributed by atoms with van der Waals surface area (Å²) in [5, 5.41) is 3.36. The van der Waals surface area contributed by atoms with Crippen LogP contribution < -0.4 is 5.32 Å². The molecular formula is C14H21NOS. The van der Waals surface area contributed by atoms with E-state index in [1.165, 1.54) is 4.88 Å². The second-order valence-corrected chi connectivity index (χ2v) is 6.31. The van der Waals surface area contributed by atoms with Crippen LogP contribution in [0.15, 0.2) is 12.1 Å². The summed E-state index contributed by atoms with van der Waals surface area (Å²) < 4.78 is 0. The maximum Gasteiger partial charge on any atom is 0.179 e. The number of hydrogen-bond acceptors (Lipinski definition) is 3. The number of aryl methyl sites for hydroxylation is 1. The van der Waals surface area contributed by atoms with Crippen LogP contribution in [0.2, 0.25) is 0 Å². The number of nitrogens with one attached hydrogen (secondary N) is 1. The van der Waals surface area contributed by atoms with Crippen LogP contribution >= 0.6 is 11.3 Å². The van der Waals surface area contributed by atoms with Crippen LogP contribution in [-0.2, 0) is 0 Å². The fourth-order valence-corrected chi connectivity index (χ4v) is 3.72. The first-order valence-electron chi connectivity index (χ1n) is 6.50. The molecule has 1 aliphatic rings. The summed E-state index contributed by atoms with van der Waals surface area (Å²) in [6, 6.07) is 4.06. The molecule has 2 nitrogen and oxygen atoms in total. The summed E-state index contributed by atoms with van der Waals surface area (Å²) >= 11 is 1.64. The van der Waals surface area contributed by atoms with Crippen molar-refractivity contribution in [3.05, 3.63) is 21.9 Å². The van der Waals surface area contributed by atoms with Gasteiger partial charge in [-0.15, -0.1) is 11.3 Å². The topological polar surface area (TPSA) is 29.1 Å². The van der Waals surface area contributed by atoms with Gasteiger partial charge in [-0.25, -0.2) is 0 Å². The second-order valence-electron chi connectivity index (χ2n) is 5.02. The quantitative estimate of drug-likeness (QED) is 0.831. The second kappa shape index (κ2) is 5.32. The molecule has 1 saturated heterocycles. The largest absolute Gasteiger partial charge is 0.317 e. The van der Waals surface area contributed by atoms with Crippen molar-refractivity contribution < 1.29 is 4.79 Å². The van der Waals surface area contributed by atoms with Gasteiger partial charge in [-0.3, -0.25) is 4.79 Å². The van der Waals surface area contributed by atoms with Gasteiger partial charge in [0.05, 0.1) is 4.88 Å². The highest BCUT2D eigenvalue weighted by molar-refractivity contribution is 7.14. The zero-order valence-electron chi connectivity index (χ0n) is 10.7. The highest BCUT2D eigenvalue weighted by atomic mass is 32.1. The minimum Gasteiger partial charge on any atom is -0.317 e. The number of Topliss-reactive ketones (excluding diaryl/α,β-unsaturated/α-hetero) is 1. The number of carbonyl (C=O) groups excluding carboxylic acids is 1. The predicted molar refractivity (Wildman–Crippen MR) is 72.8 cm³/mol. The van der Waals surface area contributed by atoms with E-state index in [-0.39, 0.29) is 5.41 Å². The molecule has 1 aromatic rings. The average Bonchev–Trinajstić information content (AvgIpc) is 2.76. The molecule has 0 amide bonds. The molecule has 0 spiro atoms. The van der Waals surface area contributed by atoms with E-state index in [0.717, 1.165) is 43.6 Å². The minimum absolute atomic E-state index is 0.0860. The number of hydrogen-bond donors (Lipinski definition) is 1. The van der Waals surface area contributed by atoms with Crippen LogP contribution in [0.25, 0.3) is 0 Å². The normalized spacial score (nSPS) is 19.2. The summed E-state index contributed by atoms with van der Waals surface area (Å²) in [6.07, 6.45) is 4.12. The van der Waals surface area contributed by atoms with E-state index in [1.54, 1.807) is 11.3 Å². The van der Waals surface area contributed by atoms with E-state index in [4.69, 9.17) is 0 Å². The maximum atomic E-state index is 12.7. The molecule has 0 unspecified atom stereocenters. The van der Waals surface area contributed by atoms with Crippen molar-refractivity contribution in [1.82, 2.24) is 5.32 Å². The lowest BCUT2D eigenvalue weighted by Crippen LogP contribution is -2.42. The molecule has 94 valence electrons. The third kappa shape index (κ3) is 2.61. The van der Waals surface area contributed by atoms with Crippen molar-refractivity contribution >= 4 is 17.1 Å². The lowest BCUT2D eigenvalue weighted by atomic mass is 9.71. The SMILES string of the molecule is CCCC1(C(=O)c2ccc(C)s2)CCNCC1. The predicted octanol–water partition coefficient (Wildman–Crippen LogP) is 3.41. The van der Waals surface area contributed by atoms with Crippen LogP contribution in [0, 0.1) is 12.3 Å². The Labute approximate surface area is 107 Å². The Balaban J connectivity index is 2.23. The molecule has 0 saturated carbocycles. The van der Waals surface area contributed by atoms with Gasteiger partial charge in [0.2, 0.25) is 0 Å². The Morgan fingerprint density at radius 2 is 2.12 bits per heavy atom. The van der Waals surface area contributed by atoms with Crippen LogP contribution in [-0.4, -0.2) is 18.9 Å². The molecule has 2 rings (SSSR count). The van der Waals surface area contributed by atoms with E-state index in [1.807, 2.05) is 6.07 Å². The number of carbonyl (C=O) groups is 1. The molecule has 0 aliphatic carbocycles. The minimum atomic E-state index is -0.0860. The molecule has 0 radical (unpaired) electrons. The Bertz CT molecular complexity index is 385. The molecule has 17 heavy (non-hydrogen) atoms. The van der Waals surface area contributed by atoms with E-state index in [2.05, 4.69) is 25.2 Å². The summed E-state index contributed by atoms with van der Waals surface area (Å²) in [6.45, 7) is 6.21.